The molecule has 1 heterocycles. The van der Waals surface area contributed by atoms with Gasteiger partial charge in [-0.05, 0) is 68.3 Å². The number of nitrogens with zero attached hydrogens (tertiary/aromatic N) is 1. The Balaban J connectivity index is 1.73. The Morgan fingerprint density at radius 3 is 2.14 bits per heavy atom. The van der Waals surface area contributed by atoms with Crippen molar-refractivity contribution in [2.45, 2.75) is 32.3 Å². The normalized spacial score (nSPS) is 15.3. The van der Waals surface area contributed by atoms with Gasteiger partial charge < -0.3 is 14.8 Å². The minimum atomic E-state index is -0.676. The zero-order chi connectivity index (χ0) is 25.2. The number of fused-ring (bicyclic) bond motifs is 1. The number of benzene rings is 3. The summed E-state index contributed by atoms with van der Waals surface area (Å²) in [6.45, 7) is 5.44. The van der Waals surface area contributed by atoms with E-state index >= 15 is 0 Å². The van der Waals surface area contributed by atoms with Crippen LogP contribution in [-0.4, -0.2) is 36.3 Å². The quantitative estimate of drug-likeness (QED) is 0.404. The van der Waals surface area contributed by atoms with Gasteiger partial charge >= 0.3 is 11.9 Å². The van der Waals surface area contributed by atoms with Gasteiger partial charge in [-0.2, -0.15) is 0 Å². The van der Waals surface area contributed by atoms with Crippen LogP contribution in [0.25, 0.3) is 0 Å². The number of esters is 2. The molecule has 3 aromatic rings. The molecule has 1 amide bonds. The number of methoxy groups -OCH3 is 1. The molecule has 1 unspecified atom stereocenters. The first-order chi connectivity index (χ1) is 16.7. The number of anilines is 1. The number of hydrogen-bond acceptors (Lipinski definition) is 6. The van der Waals surface area contributed by atoms with E-state index in [1.165, 1.54) is 7.11 Å². The predicted molar refractivity (Wildman–Crippen MR) is 133 cm³/mol. The average Bonchev–Trinajstić information content (AvgIpc) is 3.16. The minimum Gasteiger partial charge on any atom is -0.465 e. The Kier molecular flexibility index (Phi) is 6.51. The predicted octanol–water partition coefficient (Wildman–Crippen LogP) is 5.29. The highest BCUT2D eigenvalue weighted by atomic mass is 16.6. The largest absolute Gasteiger partial charge is 0.465 e. The molecule has 0 radical (unpaired) electrons. The first-order valence-corrected chi connectivity index (χ1v) is 11.2. The minimum absolute atomic E-state index is 0.241. The van der Waals surface area contributed by atoms with Gasteiger partial charge in [-0.15, -0.1) is 0 Å². The third-order valence-electron chi connectivity index (χ3n) is 5.40. The van der Waals surface area contributed by atoms with Crippen molar-refractivity contribution in [2.75, 3.05) is 12.4 Å². The Morgan fingerprint density at radius 2 is 1.51 bits per heavy atom. The zero-order valence-corrected chi connectivity index (χ0v) is 20.0. The van der Waals surface area contributed by atoms with Crippen LogP contribution >= 0.6 is 0 Å². The standard InChI is InChI=1S/C28H26N2O5/c1-28(2,3)35-27(33)18-10-13-20(14-11-18)29-24(17-8-6-5-7-9-17)23-21-15-12-19(26(32)34-4)16-22(21)30-25(23)31/h5-16,23H,1-4H3,(H,30,31). The summed E-state index contributed by atoms with van der Waals surface area (Å²) in [4.78, 5) is 42.2. The van der Waals surface area contributed by atoms with E-state index in [-0.39, 0.29) is 5.91 Å². The van der Waals surface area contributed by atoms with Crippen molar-refractivity contribution in [1.82, 2.24) is 0 Å². The molecule has 0 saturated heterocycles. The average molecular weight is 471 g/mol. The summed E-state index contributed by atoms with van der Waals surface area (Å²) in [5, 5.41) is 2.86. The number of nitrogens with one attached hydrogen (secondary N) is 1. The lowest BCUT2D eigenvalue weighted by atomic mass is 9.90. The maximum Gasteiger partial charge on any atom is 0.338 e. The fourth-order valence-corrected chi connectivity index (χ4v) is 3.83. The van der Waals surface area contributed by atoms with E-state index in [0.29, 0.717) is 28.2 Å². The topological polar surface area (TPSA) is 94.1 Å². The van der Waals surface area contributed by atoms with E-state index in [9.17, 15) is 14.4 Å². The van der Waals surface area contributed by atoms with Crippen LogP contribution in [0.15, 0.2) is 77.8 Å². The molecule has 3 aromatic carbocycles. The number of carbonyl (C=O) groups is 3. The zero-order valence-electron chi connectivity index (χ0n) is 20.0. The first-order valence-electron chi connectivity index (χ1n) is 11.2. The molecular formula is C28H26N2O5. The summed E-state index contributed by atoms with van der Waals surface area (Å²) in [6.07, 6.45) is 0. The highest BCUT2D eigenvalue weighted by molar-refractivity contribution is 6.24. The van der Waals surface area contributed by atoms with Crippen LogP contribution in [0.3, 0.4) is 0 Å². The van der Waals surface area contributed by atoms with Crippen molar-refractivity contribution in [3.8, 4) is 0 Å². The third-order valence-corrected chi connectivity index (χ3v) is 5.40. The Labute approximate surface area is 203 Å². The fraction of sp³-hybridized carbons (Fsp3) is 0.214. The number of carbonyl (C=O) groups excluding carboxylic acids is 3. The molecule has 1 N–H and O–H groups in total. The van der Waals surface area contributed by atoms with E-state index < -0.39 is 23.5 Å². The van der Waals surface area contributed by atoms with Gasteiger partial charge in [0.1, 0.15) is 11.5 Å². The molecule has 0 fully saturated rings. The molecule has 0 aliphatic carbocycles. The summed E-state index contributed by atoms with van der Waals surface area (Å²) in [7, 11) is 1.31. The van der Waals surface area contributed by atoms with E-state index in [1.54, 1.807) is 42.5 Å². The fourth-order valence-electron chi connectivity index (χ4n) is 3.83. The van der Waals surface area contributed by atoms with Gasteiger partial charge in [-0.3, -0.25) is 9.79 Å². The van der Waals surface area contributed by atoms with E-state index in [2.05, 4.69) is 5.32 Å². The summed E-state index contributed by atoms with van der Waals surface area (Å²) < 4.78 is 10.2. The molecule has 7 nitrogen and oxygen atoms in total. The molecule has 1 atom stereocenters. The summed E-state index contributed by atoms with van der Waals surface area (Å²) in [6, 6.07) is 21.2. The molecule has 7 heteroatoms. The van der Waals surface area contributed by atoms with Gasteiger partial charge in [0, 0.05) is 5.69 Å². The van der Waals surface area contributed by atoms with Crippen molar-refractivity contribution in [3.63, 3.8) is 0 Å². The Morgan fingerprint density at radius 1 is 0.857 bits per heavy atom. The second-order valence-corrected chi connectivity index (χ2v) is 9.13. The monoisotopic (exact) mass is 470 g/mol. The van der Waals surface area contributed by atoms with Crippen LogP contribution in [0.2, 0.25) is 0 Å². The van der Waals surface area contributed by atoms with Gasteiger partial charge in [0.15, 0.2) is 0 Å². The SMILES string of the molecule is COC(=O)c1ccc2c(c1)NC(=O)C2C(=Nc1ccc(C(=O)OC(C)(C)C)cc1)c1ccccc1. The van der Waals surface area contributed by atoms with Crippen LogP contribution in [-0.2, 0) is 14.3 Å². The highest BCUT2D eigenvalue weighted by Crippen LogP contribution is 2.37. The molecule has 0 spiro atoms. The van der Waals surface area contributed by atoms with Gasteiger partial charge in [-0.1, -0.05) is 36.4 Å². The molecule has 0 bridgehead atoms. The molecule has 0 aromatic heterocycles. The number of rotatable bonds is 5. The highest BCUT2D eigenvalue weighted by Gasteiger charge is 2.36. The van der Waals surface area contributed by atoms with Crippen LogP contribution in [0.1, 0.15) is 58.5 Å². The van der Waals surface area contributed by atoms with Gasteiger partial charge in [0.2, 0.25) is 5.91 Å². The van der Waals surface area contributed by atoms with Gasteiger partial charge in [0.05, 0.1) is 29.6 Å². The molecule has 1 aliphatic heterocycles. The lowest BCUT2D eigenvalue weighted by Gasteiger charge is -2.19. The van der Waals surface area contributed by atoms with Crippen molar-refractivity contribution < 1.29 is 23.9 Å². The van der Waals surface area contributed by atoms with Crippen LogP contribution in [0.4, 0.5) is 11.4 Å². The number of ether oxygens (including phenoxy) is 2. The van der Waals surface area contributed by atoms with Gasteiger partial charge in [0.25, 0.3) is 0 Å². The number of amides is 1. The molecule has 4 rings (SSSR count). The van der Waals surface area contributed by atoms with Crippen LogP contribution in [0.5, 0.6) is 0 Å². The van der Waals surface area contributed by atoms with Crippen molar-refractivity contribution in [2.24, 2.45) is 4.99 Å². The van der Waals surface area contributed by atoms with Crippen molar-refractivity contribution in [1.29, 1.82) is 0 Å². The second kappa shape index (κ2) is 9.54. The van der Waals surface area contributed by atoms with Crippen molar-refractivity contribution >= 4 is 34.9 Å². The number of hydrogen-bond donors (Lipinski definition) is 1. The van der Waals surface area contributed by atoms with E-state index in [1.807, 2.05) is 51.1 Å². The van der Waals surface area contributed by atoms with E-state index in [0.717, 1.165) is 11.1 Å². The Hall–Kier alpha value is -4.26. The summed E-state index contributed by atoms with van der Waals surface area (Å²) in [5.41, 5.74) is 3.37. The third kappa shape index (κ3) is 5.30. The lowest BCUT2D eigenvalue weighted by molar-refractivity contribution is -0.115. The molecule has 35 heavy (non-hydrogen) atoms. The van der Waals surface area contributed by atoms with Crippen LogP contribution < -0.4 is 5.32 Å². The van der Waals surface area contributed by atoms with E-state index in [4.69, 9.17) is 14.5 Å². The molecule has 1 aliphatic rings. The smallest absolute Gasteiger partial charge is 0.338 e. The maximum atomic E-state index is 13.1. The Bertz CT molecular complexity index is 1310. The molecular weight excluding hydrogens is 444 g/mol. The first kappa shape index (κ1) is 23.9. The molecule has 178 valence electrons. The summed E-state index contributed by atoms with van der Waals surface area (Å²) in [5.74, 6) is -1.81. The summed E-state index contributed by atoms with van der Waals surface area (Å²) >= 11 is 0. The lowest BCUT2D eigenvalue weighted by Crippen LogP contribution is -2.23. The molecule has 0 saturated carbocycles. The second-order valence-electron chi connectivity index (χ2n) is 9.13. The maximum absolute atomic E-state index is 13.1. The van der Waals surface area contributed by atoms with Crippen molar-refractivity contribution in [3.05, 3.63) is 95.1 Å². The number of aliphatic imine (C=N–C) groups is 1. The van der Waals surface area contributed by atoms with Gasteiger partial charge in [-0.25, -0.2) is 9.59 Å². The van der Waals surface area contributed by atoms with Crippen LogP contribution in [0, 0.1) is 0 Å².